The number of hydrogen-bond acceptors (Lipinski definition) is 3. The molecule has 1 aromatic rings. The van der Waals surface area contributed by atoms with Crippen LogP contribution in [-0.4, -0.2) is 32.0 Å². The molecule has 0 spiro atoms. The smallest absolute Gasteiger partial charge is 0.251 e. The summed E-state index contributed by atoms with van der Waals surface area (Å²) in [6.07, 6.45) is 6.74. The first-order valence-corrected chi connectivity index (χ1v) is 8.38. The average molecular weight is 318 g/mol. The summed E-state index contributed by atoms with van der Waals surface area (Å²) in [5, 5.41) is 5.68. The highest BCUT2D eigenvalue weighted by molar-refractivity contribution is 5.94. The second-order valence-electron chi connectivity index (χ2n) is 6.05. The molecular weight excluding hydrogens is 292 g/mol. The van der Waals surface area contributed by atoms with E-state index in [1.54, 1.807) is 31.4 Å². The molecule has 0 atom stereocenters. The lowest BCUT2D eigenvalue weighted by molar-refractivity contribution is -0.122. The van der Waals surface area contributed by atoms with E-state index < -0.39 is 0 Å². The van der Waals surface area contributed by atoms with Crippen LogP contribution in [0, 0.1) is 5.92 Å². The molecule has 0 unspecified atom stereocenters. The highest BCUT2D eigenvalue weighted by Gasteiger charge is 2.16. The quantitative estimate of drug-likeness (QED) is 0.759. The molecule has 1 aliphatic rings. The molecule has 5 heteroatoms. The van der Waals surface area contributed by atoms with Gasteiger partial charge in [0.2, 0.25) is 5.91 Å². The molecule has 0 aliphatic heterocycles. The molecule has 1 fully saturated rings. The second kappa shape index (κ2) is 9.18. The summed E-state index contributed by atoms with van der Waals surface area (Å²) in [4.78, 5) is 23.9. The fraction of sp³-hybridized carbons (Fsp3) is 0.556. The Hall–Kier alpha value is -2.04. The molecule has 0 saturated heterocycles. The maximum Gasteiger partial charge on any atom is 0.251 e. The third kappa shape index (κ3) is 5.93. The SMILES string of the molecule is COc1cccc(C(=O)NCCNC(=O)CC2CCCCC2)c1. The fourth-order valence-electron chi connectivity index (χ4n) is 2.97. The molecule has 0 bridgehead atoms. The molecule has 1 aromatic carbocycles. The number of nitrogens with one attached hydrogen (secondary N) is 2. The van der Waals surface area contributed by atoms with Gasteiger partial charge in [-0.15, -0.1) is 0 Å². The van der Waals surface area contributed by atoms with Crippen molar-refractivity contribution in [2.75, 3.05) is 20.2 Å². The Labute approximate surface area is 137 Å². The normalized spacial score (nSPS) is 15.0. The standard InChI is InChI=1S/C18H26N2O3/c1-23-16-9-5-8-15(13-16)18(22)20-11-10-19-17(21)12-14-6-3-2-4-7-14/h5,8-9,13-14H,2-4,6-7,10-12H2,1H3,(H,19,21)(H,20,22). The van der Waals surface area contributed by atoms with E-state index in [9.17, 15) is 9.59 Å². The summed E-state index contributed by atoms with van der Waals surface area (Å²) in [6, 6.07) is 7.00. The van der Waals surface area contributed by atoms with Crippen LogP contribution in [-0.2, 0) is 4.79 Å². The predicted molar refractivity (Wildman–Crippen MR) is 89.5 cm³/mol. The molecule has 2 rings (SSSR count). The van der Waals surface area contributed by atoms with Crippen molar-refractivity contribution in [3.63, 3.8) is 0 Å². The number of methoxy groups -OCH3 is 1. The van der Waals surface area contributed by atoms with Crippen molar-refractivity contribution in [2.24, 2.45) is 5.92 Å². The minimum Gasteiger partial charge on any atom is -0.497 e. The van der Waals surface area contributed by atoms with Gasteiger partial charge in [0.25, 0.3) is 5.91 Å². The van der Waals surface area contributed by atoms with Gasteiger partial charge in [-0.3, -0.25) is 9.59 Å². The van der Waals surface area contributed by atoms with E-state index in [-0.39, 0.29) is 11.8 Å². The van der Waals surface area contributed by atoms with Crippen LogP contribution in [0.25, 0.3) is 0 Å². The minimum atomic E-state index is -0.162. The second-order valence-corrected chi connectivity index (χ2v) is 6.05. The average Bonchev–Trinajstić information content (AvgIpc) is 2.59. The van der Waals surface area contributed by atoms with E-state index in [2.05, 4.69) is 10.6 Å². The Balaban J connectivity index is 1.64. The minimum absolute atomic E-state index is 0.0903. The highest BCUT2D eigenvalue weighted by atomic mass is 16.5. The van der Waals surface area contributed by atoms with E-state index >= 15 is 0 Å². The van der Waals surface area contributed by atoms with Gasteiger partial charge in [0.15, 0.2) is 0 Å². The van der Waals surface area contributed by atoms with Crippen LogP contribution in [0.2, 0.25) is 0 Å². The van der Waals surface area contributed by atoms with Gasteiger partial charge in [0.05, 0.1) is 7.11 Å². The van der Waals surface area contributed by atoms with Crippen LogP contribution in [0.3, 0.4) is 0 Å². The molecule has 0 radical (unpaired) electrons. The van der Waals surface area contributed by atoms with E-state index in [0.29, 0.717) is 36.7 Å². The lowest BCUT2D eigenvalue weighted by atomic mass is 9.87. The van der Waals surface area contributed by atoms with Crippen molar-refractivity contribution in [3.05, 3.63) is 29.8 Å². The van der Waals surface area contributed by atoms with Gasteiger partial charge in [-0.1, -0.05) is 25.3 Å². The number of ether oxygens (including phenoxy) is 1. The Morgan fingerprint density at radius 2 is 1.87 bits per heavy atom. The summed E-state index contributed by atoms with van der Waals surface area (Å²) < 4.78 is 5.10. The Morgan fingerprint density at radius 1 is 1.13 bits per heavy atom. The lowest BCUT2D eigenvalue weighted by Crippen LogP contribution is -2.35. The van der Waals surface area contributed by atoms with E-state index in [0.717, 1.165) is 0 Å². The molecule has 1 saturated carbocycles. The maximum absolute atomic E-state index is 12.0. The predicted octanol–water partition coefficient (Wildman–Crippen LogP) is 2.51. The number of carbonyl (C=O) groups is 2. The molecule has 0 heterocycles. The molecular formula is C18H26N2O3. The zero-order valence-corrected chi connectivity index (χ0v) is 13.8. The van der Waals surface area contributed by atoms with Gasteiger partial charge in [0.1, 0.15) is 5.75 Å². The first-order valence-electron chi connectivity index (χ1n) is 8.38. The van der Waals surface area contributed by atoms with Gasteiger partial charge in [-0.2, -0.15) is 0 Å². The molecule has 2 N–H and O–H groups in total. The van der Waals surface area contributed by atoms with Crippen LogP contribution < -0.4 is 15.4 Å². The van der Waals surface area contributed by atoms with Crippen LogP contribution in [0.5, 0.6) is 5.75 Å². The Kier molecular flexibility index (Phi) is 6.91. The molecule has 1 aliphatic carbocycles. The van der Waals surface area contributed by atoms with Gasteiger partial charge in [-0.25, -0.2) is 0 Å². The van der Waals surface area contributed by atoms with E-state index in [4.69, 9.17) is 4.74 Å². The molecule has 0 aromatic heterocycles. The summed E-state index contributed by atoms with van der Waals surface area (Å²) in [5.74, 6) is 1.12. The Morgan fingerprint density at radius 3 is 2.61 bits per heavy atom. The van der Waals surface area contributed by atoms with Crippen LogP contribution in [0.1, 0.15) is 48.9 Å². The largest absolute Gasteiger partial charge is 0.497 e. The van der Waals surface area contributed by atoms with Crippen LogP contribution >= 0.6 is 0 Å². The summed E-state index contributed by atoms with van der Waals surface area (Å²) in [7, 11) is 1.57. The topological polar surface area (TPSA) is 67.4 Å². The van der Waals surface area contributed by atoms with E-state index in [1.165, 1.54) is 32.1 Å². The number of carbonyl (C=O) groups excluding carboxylic acids is 2. The van der Waals surface area contributed by atoms with Gasteiger partial charge >= 0.3 is 0 Å². The van der Waals surface area contributed by atoms with Crippen molar-refractivity contribution < 1.29 is 14.3 Å². The number of hydrogen-bond donors (Lipinski definition) is 2. The summed E-state index contributed by atoms with van der Waals surface area (Å²) in [5.41, 5.74) is 0.554. The first kappa shape index (κ1) is 17.3. The third-order valence-electron chi connectivity index (χ3n) is 4.26. The van der Waals surface area contributed by atoms with E-state index in [1.807, 2.05) is 0 Å². The van der Waals surface area contributed by atoms with Gasteiger partial charge in [0, 0.05) is 25.1 Å². The first-order chi connectivity index (χ1) is 11.2. The third-order valence-corrected chi connectivity index (χ3v) is 4.26. The number of rotatable bonds is 7. The summed E-state index contributed by atoms with van der Waals surface area (Å²) in [6.45, 7) is 0.883. The lowest BCUT2D eigenvalue weighted by Gasteiger charge is -2.20. The molecule has 23 heavy (non-hydrogen) atoms. The molecule has 126 valence electrons. The van der Waals surface area contributed by atoms with Crippen molar-refractivity contribution in [1.82, 2.24) is 10.6 Å². The Bertz CT molecular complexity index is 525. The monoisotopic (exact) mass is 318 g/mol. The van der Waals surface area contributed by atoms with Crippen molar-refractivity contribution in [3.8, 4) is 5.75 Å². The molecule has 2 amide bonds. The maximum atomic E-state index is 12.0. The number of amides is 2. The van der Waals surface area contributed by atoms with Crippen molar-refractivity contribution >= 4 is 11.8 Å². The van der Waals surface area contributed by atoms with Crippen molar-refractivity contribution in [2.45, 2.75) is 38.5 Å². The van der Waals surface area contributed by atoms with Crippen LogP contribution in [0.4, 0.5) is 0 Å². The van der Waals surface area contributed by atoms with Crippen LogP contribution in [0.15, 0.2) is 24.3 Å². The zero-order chi connectivity index (χ0) is 16.5. The fourth-order valence-corrected chi connectivity index (χ4v) is 2.97. The summed E-state index contributed by atoms with van der Waals surface area (Å²) >= 11 is 0. The van der Waals surface area contributed by atoms with Crippen molar-refractivity contribution in [1.29, 1.82) is 0 Å². The number of benzene rings is 1. The van der Waals surface area contributed by atoms with Gasteiger partial charge < -0.3 is 15.4 Å². The molecule has 5 nitrogen and oxygen atoms in total. The zero-order valence-electron chi connectivity index (χ0n) is 13.8. The highest BCUT2D eigenvalue weighted by Crippen LogP contribution is 2.25. The van der Waals surface area contributed by atoms with Gasteiger partial charge in [-0.05, 0) is 37.0 Å².